The molecule has 4 heteroatoms. The normalized spacial score (nSPS) is 43.1. The summed E-state index contributed by atoms with van der Waals surface area (Å²) in [5, 5.41) is 0. The number of rotatable bonds is 3. The van der Waals surface area contributed by atoms with Crippen molar-refractivity contribution >= 4 is 11.9 Å². The van der Waals surface area contributed by atoms with Crippen LogP contribution in [-0.2, 0) is 19.1 Å². The van der Waals surface area contributed by atoms with Crippen LogP contribution in [-0.4, -0.2) is 24.1 Å². The third-order valence-electron chi connectivity index (χ3n) is 5.08. The maximum Gasteiger partial charge on any atom is 0.312 e. The van der Waals surface area contributed by atoms with E-state index in [2.05, 4.69) is 0 Å². The van der Waals surface area contributed by atoms with Crippen molar-refractivity contribution in [2.45, 2.75) is 58.0 Å². The molecule has 0 amide bonds. The second-order valence-corrected chi connectivity index (χ2v) is 6.74. The summed E-state index contributed by atoms with van der Waals surface area (Å²) in [5.74, 6) is 0.747. The summed E-state index contributed by atoms with van der Waals surface area (Å²) >= 11 is 0. The van der Waals surface area contributed by atoms with Gasteiger partial charge in [-0.05, 0) is 50.9 Å². The Morgan fingerprint density at radius 3 is 2.32 bits per heavy atom. The first-order chi connectivity index (χ1) is 8.97. The number of hydrogen-bond acceptors (Lipinski definition) is 4. The van der Waals surface area contributed by atoms with Crippen molar-refractivity contribution in [1.29, 1.82) is 0 Å². The molecule has 0 radical (unpaired) electrons. The molecule has 4 aliphatic carbocycles. The second-order valence-electron chi connectivity index (χ2n) is 6.74. The molecule has 4 nitrogen and oxygen atoms in total. The van der Waals surface area contributed by atoms with Crippen LogP contribution in [0.3, 0.4) is 0 Å². The molecule has 4 bridgehead atoms. The summed E-state index contributed by atoms with van der Waals surface area (Å²) in [6.07, 6.45) is 5.57. The largest absolute Gasteiger partial charge is 0.466 e. The van der Waals surface area contributed by atoms with E-state index in [0.29, 0.717) is 24.9 Å². The maximum atomic E-state index is 12.4. The van der Waals surface area contributed by atoms with E-state index in [9.17, 15) is 9.59 Å². The van der Waals surface area contributed by atoms with Gasteiger partial charge < -0.3 is 9.47 Å². The van der Waals surface area contributed by atoms with Gasteiger partial charge in [-0.1, -0.05) is 0 Å². The first kappa shape index (κ1) is 12.9. The van der Waals surface area contributed by atoms with Crippen LogP contribution in [0.25, 0.3) is 0 Å². The molecule has 0 spiro atoms. The Bertz CT molecular complexity index is 400. The van der Waals surface area contributed by atoms with Gasteiger partial charge in [0.25, 0.3) is 0 Å². The van der Waals surface area contributed by atoms with E-state index in [0.717, 1.165) is 25.7 Å². The van der Waals surface area contributed by atoms with Gasteiger partial charge >= 0.3 is 11.9 Å². The second kappa shape index (κ2) is 4.22. The Balaban J connectivity index is 1.88. The summed E-state index contributed by atoms with van der Waals surface area (Å²) < 4.78 is 11.0. The lowest BCUT2D eigenvalue weighted by Crippen LogP contribution is -2.59. The number of carbonyl (C=O) groups excluding carboxylic acids is 2. The molecule has 4 aliphatic rings. The number of carbonyl (C=O) groups is 2. The van der Waals surface area contributed by atoms with Crippen molar-refractivity contribution in [3.63, 3.8) is 0 Å². The molecule has 2 atom stereocenters. The number of esters is 2. The summed E-state index contributed by atoms with van der Waals surface area (Å²) in [6.45, 7) is 3.74. The minimum atomic E-state index is -0.386. The van der Waals surface area contributed by atoms with Crippen LogP contribution >= 0.6 is 0 Å². The first-order valence-corrected chi connectivity index (χ1v) is 7.34. The fraction of sp³-hybridized carbons (Fsp3) is 0.867. The molecule has 2 unspecified atom stereocenters. The van der Waals surface area contributed by atoms with Crippen LogP contribution in [0.15, 0.2) is 0 Å². The van der Waals surface area contributed by atoms with Crippen LogP contribution in [0, 0.1) is 17.3 Å². The molecule has 106 valence electrons. The highest BCUT2D eigenvalue weighted by Crippen LogP contribution is 2.63. The molecule has 0 aromatic heterocycles. The zero-order chi connectivity index (χ0) is 13.7. The Labute approximate surface area is 113 Å². The molecule has 0 heterocycles. The number of ether oxygens (including phenoxy) is 2. The Morgan fingerprint density at radius 1 is 1.16 bits per heavy atom. The van der Waals surface area contributed by atoms with Crippen molar-refractivity contribution in [1.82, 2.24) is 0 Å². The molecule has 4 saturated carbocycles. The summed E-state index contributed by atoms with van der Waals surface area (Å²) in [6, 6.07) is 0. The van der Waals surface area contributed by atoms with Crippen LogP contribution in [0.5, 0.6) is 0 Å². The Kier molecular flexibility index (Phi) is 2.88. The van der Waals surface area contributed by atoms with Crippen molar-refractivity contribution in [2.75, 3.05) is 6.61 Å². The van der Waals surface area contributed by atoms with Crippen LogP contribution in [0.4, 0.5) is 0 Å². The SMILES string of the molecule is CCOC(=O)C12CC3CC(CC(OC(C)=O)(C3)C1)C2. The standard InChI is InChI=1S/C15H22O4/c1-3-18-13(17)14-5-11-4-12(6-14)8-15(7-11,9-14)19-10(2)16/h11-12H,3-9H2,1-2H3. The predicted octanol–water partition coefficient (Wildman–Crippen LogP) is 2.45. The quantitative estimate of drug-likeness (QED) is 0.736. The number of hydrogen-bond donors (Lipinski definition) is 0. The highest BCUT2D eigenvalue weighted by molar-refractivity contribution is 5.78. The minimum Gasteiger partial charge on any atom is -0.466 e. The average Bonchev–Trinajstić information content (AvgIpc) is 2.25. The molecular formula is C15H22O4. The molecule has 19 heavy (non-hydrogen) atoms. The minimum absolute atomic E-state index is 0.0689. The third-order valence-corrected chi connectivity index (χ3v) is 5.08. The lowest BCUT2D eigenvalue weighted by molar-refractivity contribution is -0.211. The zero-order valence-corrected chi connectivity index (χ0v) is 11.7. The maximum absolute atomic E-state index is 12.4. The van der Waals surface area contributed by atoms with E-state index in [1.807, 2.05) is 6.92 Å². The van der Waals surface area contributed by atoms with Crippen molar-refractivity contribution in [2.24, 2.45) is 17.3 Å². The molecule has 4 rings (SSSR count). The van der Waals surface area contributed by atoms with E-state index in [1.165, 1.54) is 13.3 Å². The van der Waals surface area contributed by atoms with Crippen molar-refractivity contribution < 1.29 is 19.1 Å². The molecule has 4 fully saturated rings. The zero-order valence-electron chi connectivity index (χ0n) is 11.7. The first-order valence-electron chi connectivity index (χ1n) is 7.34. The van der Waals surface area contributed by atoms with Gasteiger partial charge in [-0.2, -0.15) is 0 Å². The Morgan fingerprint density at radius 2 is 1.79 bits per heavy atom. The topological polar surface area (TPSA) is 52.6 Å². The van der Waals surface area contributed by atoms with Crippen molar-refractivity contribution in [3.05, 3.63) is 0 Å². The molecule has 0 aromatic carbocycles. The predicted molar refractivity (Wildman–Crippen MR) is 68.2 cm³/mol. The highest BCUT2D eigenvalue weighted by atomic mass is 16.6. The van der Waals surface area contributed by atoms with Gasteiger partial charge in [0.15, 0.2) is 0 Å². The summed E-state index contributed by atoms with van der Waals surface area (Å²) in [7, 11) is 0. The monoisotopic (exact) mass is 266 g/mol. The lowest BCUT2D eigenvalue weighted by Gasteiger charge is -2.59. The van der Waals surface area contributed by atoms with E-state index in [1.54, 1.807) is 0 Å². The average molecular weight is 266 g/mol. The van der Waals surface area contributed by atoms with Crippen molar-refractivity contribution in [3.8, 4) is 0 Å². The van der Waals surface area contributed by atoms with Gasteiger partial charge in [0.05, 0.1) is 12.0 Å². The lowest BCUT2D eigenvalue weighted by atomic mass is 9.48. The van der Waals surface area contributed by atoms with E-state index >= 15 is 0 Å². The smallest absolute Gasteiger partial charge is 0.312 e. The van der Waals surface area contributed by atoms with Crippen LogP contribution < -0.4 is 0 Å². The summed E-state index contributed by atoms with van der Waals surface area (Å²) in [5.41, 5.74) is -0.766. The van der Waals surface area contributed by atoms with Gasteiger partial charge in [-0.3, -0.25) is 9.59 Å². The van der Waals surface area contributed by atoms with Gasteiger partial charge in [0, 0.05) is 13.3 Å². The van der Waals surface area contributed by atoms with Crippen LogP contribution in [0.2, 0.25) is 0 Å². The Hall–Kier alpha value is -1.06. The fourth-order valence-corrected chi connectivity index (χ4v) is 5.13. The van der Waals surface area contributed by atoms with E-state index in [-0.39, 0.29) is 23.0 Å². The van der Waals surface area contributed by atoms with Gasteiger partial charge in [-0.15, -0.1) is 0 Å². The van der Waals surface area contributed by atoms with E-state index < -0.39 is 0 Å². The van der Waals surface area contributed by atoms with E-state index in [4.69, 9.17) is 9.47 Å². The molecule has 0 saturated heterocycles. The molecule has 0 aromatic rings. The molecular weight excluding hydrogens is 244 g/mol. The fourth-order valence-electron chi connectivity index (χ4n) is 5.13. The highest BCUT2D eigenvalue weighted by Gasteiger charge is 2.62. The molecule has 0 N–H and O–H groups in total. The summed E-state index contributed by atoms with van der Waals surface area (Å²) in [4.78, 5) is 23.8. The van der Waals surface area contributed by atoms with Gasteiger partial charge in [0.2, 0.25) is 0 Å². The van der Waals surface area contributed by atoms with Gasteiger partial charge in [-0.25, -0.2) is 0 Å². The van der Waals surface area contributed by atoms with Gasteiger partial charge in [0.1, 0.15) is 5.60 Å². The third kappa shape index (κ3) is 2.05. The van der Waals surface area contributed by atoms with Crippen LogP contribution in [0.1, 0.15) is 52.4 Å². The molecule has 0 aliphatic heterocycles.